The highest BCUT2D eigenvalue weighted by atomic mass is 19.1. The number of primary amides is 1. The second kappa shape index (κ2) is 7.91. The van der Waals surface area contributed by atoms with Gasteiger partial charge in [-0.3, -0.25) is 4.79 Å². The van der Waals surface area contributed by atoms with Crippen LogP contribution in [0.25, 0.3) is 0 Å². The number of methoxy groups -OCH3 is 1. The molecule has 4 N–H and O–H groups in total. The van der Waals surface area contributed by atoms with Crippen molar-refractivity contribution in [3.8, 4) is 5.75 Å². The first kappa shape index (κ1) is 19.1. The quantitative estimate of drug-likeness (QED) is 0.591. The van der Waals surface area contributed by atoms with Gasteiger partial charge in [0.15, 0.2) is 0 Å². The van der Waals surface area contributed by atoms with Crippen molar-refractivity contribution >= 4 is 28.8 Å². The molecule has 0 saturated heterocycles. The first-order chi connectivity index (χ1) is 13.4. The van der Waals surface area contributed by atoms with Crippen molar-refractivity contribution in [3.05, 3.63) is 71.4 Å². The molecule has 1 amide bonds. The minimum atomic E-state index is -0.734. The van der Waals surface area contributed by atoms with Gasteiger partial charge in [0, 0.05) is 11.8 Å². The number of aromatic nitrogens is 1. The van der Waals surface area contributed by atoms with Crippen LogP contribution in [0.15, 0.2) is 48.7 Å². The number of hydrogen-bond donors (Lipinski definition) is 3. The predicted octanol–water partition coefficient (Wildman–Crippen LogP) is 4.26. The molecule has 0 aliphatic carbocycles. The molecule has 0 spiro atoms. The monoisotopic (exact) mass is 384 g/mol. The fourth-order valence-corrected chi connectivity index (χ4v) is 2.65. The third-order valence-electron chi connectivity index (χ3n) is 3.91. The van der Waals surface area contributed by atoms with Crippen LogP contribution in [0.5, 0.6) is 5.75 Å². The summed E-state index contributed by atoms with van der Waals surface area (Å²) in [6, 6.07) is 10.1. The molecule has 144 valence electrons. The second-order valence-corrected chi connectivity index (χ2v) is 6.10. The number of benzene rings is 2. The molecule has 0 radical (unpaired) electrons. The van der Waals surface area contributed by atoms with Crippen LogP contribution in [0.1, 0.15) is 15.9 Å². The van der Waals surface area contributed by atoms with Crippen LogP contribution in [0.3, 0.4) is 0 Å². The number of nitrogens with zero attached hydrogens (tertiary/aromatic N) is 1. The minimum absolute atomic E-state index is 0.0702. The molecular formula is C20H18F2N4O2. The van der Waals surface area contributed by atoms with E-state index in [0.29, 0.717) is 22.7 Å². The average Bonchev–Trinajstić information content (AvgIpc) is 2.63. The van der Waals surface area contributed by atoms with E-state index in [4.69, 9.17) is 10.5 Å². The Morgan fingerprint density at radius 3 is 2.50 bits per heavy atom. The summed E-state index contributed by atoms with van der Waals surface area (Å²) in [5, 5.41) is 5.72. The molecule has 0 aliphatic rings. The normalized spacial score (nSPS) is 10.4. The van der Waals surface area contributed by atoms with Crippen molar-refractivity contribution in [2.75, 3.05) is 17.7 Å². The maximum atomic E-state index is 14.1. The number of carbonyl (C=O) groups excluding carboxylic acids is 1. The highest BCUT2D eigenvalue weighted by Gasteiger charge is 2.13. The van der Waals surface area contributed by atoms with Gasteiger partial charge in [0.25, 0.3) is 5.91 Å². The van der Waals surface area contributed by atoms with Crippen LogP contribution in [-0.4, -0.2) is 18.0 Å². The largest absolute Gasteiger partial charge is 0.497 e. The lowest BCUT2D eigenvalue weighted by Crippen LogP contribution is -2.15. The van der Waals surface area contributed by atoms with Crippen molar-refractivity contribution in [3.63, 3.8) is 0 Å². The zero-order chi connectivity index (χ0) is 20.3. The second-order valence-electron chi connectivity index (χ2n) is 6.10. The molecule has 3 rings (SSSR count). The number of carbonyl (C=O) groups is 1. The zero-order valence-corrected chi connectivity index (χ0v) is 15.2. The smallest absolute Gasteiger partial charge is 0.252 e. The molecule has 0 unspecified atom stereocenters. The summed E-state index contributed by atoms with van der Waals surface area (Å²) in [6.45, 7) is 1.74. The van der Waals surface area contributed by atoms with E-state index in [9.17, 15) is 13.6 Å². The lowest BCUT2D eigenvalue weighted by atomic mass is 10.2. The van der Waals surface area contributed by atoms with E-state index in [1.807, 2.05) is 0 Å². The fraction of sp³-hybridized carbons (Fsp3) is 0.100. The molecule has 3 aromatic rings. The van der Waals surface area contributed by atoms with E-state index >= 15 is 0 Å². The Morgan fingerprint density at radius 2 is 1.86 bits per heavy atom. The Morgan fingerprint density at radius 1 is 1.07 bits per heavy atom. The number of aryl methyl sites for hydroxylation is 1. The number of nitrogens with two attached hydrogens (primary N) is 1. The summed E-state index contributed by atoms with van der Waals surface area (Å²) in [4.78, 5) is 16.0. The van der Waals surface area contributed by atoms with Crippen molar-refractivity contribution in [1.29, 1.82) is 0 Å². The summed E-state index contributed by atoms with van der Waals surface area (Å²) in [5.41, 5.74) is 7.19. The van der Waals surface area contributed by atoms with Gasteiger partial charge in [-0.25, -0.2) is 13.8 Å². The maximum absolute atomic E-state index is 14.1. The van der Waals surface area contributed by atoms with Crippen molar-refractivity contribution in [2.24, 2.45) is 5.73 Å². The van der Waals surface area contributed by atoms with Crippen LogP contribution in [0.4, 0.5) is 31.7 Å². The molecule has 1 heterocycles. The molecule has 28 heavy (non-hydrogen) atoms. The van der Waals surface area contributed by atoms with Crippen LogP contribution in [-0.2, 0) is 0 Å². The van der Waals surface area contributed by atoms with Gasteiger partial charge in [0.2, 0.25) is 0 Å². The number of hydrogen-bond acceptors (Lipinski definition) is 5. The standard InChI is InChI=1S/C20H18F2N4O2/c1-11-5-12(21)7-13(6-11)26-20-16(19(23)27)8-14(10-24-20)25-18-4-3-15(28-2)9-17(18)22/h3-10,25H,1-2H3,(H2,23,27)(H,24,26). The summed E-state index contributed by atoms with van der Waals surface area (Å²) < 4.78 is 32.7. The van der Waals surface area contributed by atoms with E-state index < -0.39 is 17.5 Å². The number of pyridine rings is 1. The lowest BCUT2D eigenvalue weighted by molar-refractivity contribution is 0.100. The molecular weight excluding hydrogens is 366 g/mol. The molecule has 0 saturated carbocycles. The molecule has 1 aromatic heterocycles. The summed E-state index contributed by atoms with van der Waals surface area (Å²) in [7, 11) is 1.44. The number of rotatable bonds is 6. The topological polar surface area (TPSA) is 89.3 Å². The van der Waals surface area contributed by atoms with Crippen LogP contribution < -0.4 is 21.1 Å². The molecule has 0 fully saturated rings. The Bertz CT molecular complexity index is 1020. The Balaban J connectivity index is 1.90. The van der Waals surface area contributed by atoms with Gasteiger partial charge in [-0.2, -0.15) is 0 Å². The number of amides is 1. The first-order valence-corrected chi connectivity index (χ1v) is 8.30. The maximum Gasteiger partial charge on any atom is 0.252 e. The van der Waals surface area contributed by atoms with E-state index in [0.717, 1.165) is 0 Å². The average molecular weight is 384 g/mol. The minimum Gasteiger partial charge on any atom is -0.497 e. The Hall–Kier alpha value is -3.68. The van der Waals surface area contributed by atoms with Gasteiger partial charge in [-0.15, -0.1) is 0 Å². The molecule has 8 heteroatoms. The molecule has 6 nitrogen and oxygen atoms in total. The van der Waals surface area contributed by atoms with E-state index in [1.165, 1.54) is 43.6 Å². The van der Waals surface area contributed by atoms with Gasteiger partial charge in [-0.05, 0) is 48.9 Å². The van der Waals surface area contributed by atoms with Gasteiger partial charge in [0.05, 0.1) is 30.2 Å². The van der Waals surface area contributed by atoms with Crippen molar-refractivity contribution in [2.45, 2.75) is 6.92 Å². The van der Waals surface area contributed by atoms with Crippen LogP contribution in [0.2, 0.25) is 0 Å². The van der Waals surface area contributed by atoms with Crippen LogP contribution >= 0.6 is 0 Å². The highest BCUT2D eigenvalue weighted by Crippen LogP contribution is 2.27. The number of anilines is 4. The lowest BCUT2D eigenvalue weighted by Gasteiger charge is -2.13. The summed E-state index contributed by atoms with van der Waals surface area (Å²) >= 11 is 0. The van der Waals surface area contributed by atoms with Gasteiger partial charge >= 0.3 is 0 Å². The Labute approximate surface area is 160 Å². The third-order valence-corrected chi connectivity index (χ3v) is 3.91. The third kappa shape index (κ3) is 4.35. The van der Waals surface area contributed by atoms with Crippen molar-refractivity contribution < 1.29 is 18.3 Å². The molecule has 0 atom stereocenters. The van der Waals surface area contributed by atoms with E-state index in [-0.39, 0.29) is 17.1 Å². The first-order valence-electron chi connectivity index (χ1n) is 8.30. The van der Waals surface area contributed by atoms with Gasteiger partial charge in [0.1, 0.15) is 23.2 Å². The van der Waals surface area contributed by atoms with Gasteiger partial charge in [-0.1, -0.05) is 0 Å². The van der Waals surface area contributed by atoms with Crippen molar-refractivity contribution in [1.82, 2.24) is 4.98 Å². The van der Waals surface area contributed by atoms with E-state index in [2.05, 4.69) is 15.6 Å². The fourth-order valence-electron chi connectivity index (χ4n) is 2.65. The van der Waals surface area contributed by atoms with E-state index in [1.54, 1.807) is 19.1 Å². The molecule has 2 aromatic carbocycles. The summed E-state index contributed by atoms with van der Waals surface area (Å²) in [6.07, 6.45) is 1.41. The highest BCUT2D eigenvalue weighted by molar-refractivity contribution is 5.99. The number of nitrogens with one attached hydrogen (secondary N) is 2. The summed E-state index contributed by atoms with van der Waals surface area (Å²) in [5.74, 6) is -1.14. The van der Waals surface area contributed by atoms with Crippen LogP contribution in [0, 0.1) is 18.6 Å². The zero-order valence-electron chi connectivity index (χ0n) is 15.2. The molecule has 0 aliphatic heterocycles. The number of ether oxygens (including phenoxy) is 1. The Kier molecular flexibility index (Phi) is 5.39. The SMILES string of the molecule is COc1ccc(Nc2cnc(Nc3cc(C)cc(F)c3)c(C(N)=O)c2)c(F)c1. The predicted molar refractivity (Wildman–Crippen MR) is 103 cm³/mol. The molecule has 0 bridgehead atoms. The van der Waals surface area contributed by atoms with Gasteiger partial charge < -0.3 is 21.1 Å². The number of halogens is 2.